The highest BCUT2D eigenvalue weighted by atomic mass is 32.2. The van der Waals surface area contributed by atoms with E-state index in [0.717, 1.165) is 69.8 Å². The van der Waals surface area contributed by atoms with Crippen molar-refractivity contribution in [1.29, 1.82) is 0 Å². The minimum absolute atomic E-state index is 0.0918. The molecule has 3 rings (SSSR count). The highest BCUT2D eigenvalue weighted by Gasteiger charge is 2.37. The van der Waals surface area contributed by atoms with Crippen molar-refractivity contribution in [2.45, 2.75) is 87.6 Å². The van der Waals surface area contributed by atoms with E-state index in [1.165, 1.54) is 12.1 Å². The Morgan fingerprint density at radius 1 is 0.839 bits per heavy atom. The highest BCUT2D eigenvalue weighted by molar-refractivity contribution is 7.90. The van der Waals surface area contributed by atoms with Crippen LogP contribution in [0.3, 0.4) is 0 Å². The molecule has 1 aromatic rings. The Morgan fingerprint density at radius 3 is 1.71 bits per heavy atom. The fraction of sp³-hybridized carbons (Fsp3) is 0.636. The van der Waals surface area contributed by atoms with Crippen LogP contribution in [0.4, 0.5) is 9.59 Å². The maximum absolute atomic E-state index is 13.3. The molecule has 172 valence electrons. The third-order valence-electron chi connectivity index (χ3n) is 6.13. The SMILES string of the molecule is NCCc1ccc(S(=O)(=O)N(C(=O)NC2CCCCC2)C(=O)NC2CCCCC2)cc1. The van der Waals surface area contributed by atoms with Crippen molar-refractivity contribution in [3.05, 3.63) is 29.8 Å². The first kappa shape index (κ1) is 23.5. The topological polar surface area (TPSA) is 122 Å². The number of sulfonamides is 1. The molecule has 31 heavy (non-hydrogen) atoms. The predicted molar refractivity (Wildman–Crippen MR) is 119 cm³/mol. The highest BCUT2D eigenvalue weighted by Crippen LogP contribution is 2.22. The summed E-state index contributed by atoms with van der Waals surface area (Å²) in [5, 5.41) is 5.55. The van der Waals surface area contributed by atoms with Crippen molar-refractivity contribution in [3.8, 4) is 0 Å². The minimum atomic E-state index is -4.35. The fourth-order valence-electron chi connectivity index (χ4n) is 4.37. The number of carbonyl (C=O) groups excluding carboxylic acids is 2. The van der Waals surface area contributed by atoms with Gasteiger partial charge in [0.05, 0.1) is 4.90 Å². The Labute approximate surface area is 185 Å². The first-order valence-electron chi connectivity index (χ1n) is 11.4. The van der Waals surface area contributed by atoms with Crippen LogP contribution in [-0.2, 0) is 16.4 Å². The smallest absolute Gasteiger partial charge is 0.334 e. The maximum atomic E-state index is 13.3. The Morgan fingerprint density at radius 2 is 1.29 bits per heavy atom. The normalized spacial score (nSPS) is 18.4. The van der Waals surface area contributed by atoms with E-state index in [2.05, 4.69) is 10.6 Å². The van der Waals surface area contributed by atoms with E-state index in [1.807, 2.05) is 0 Å². The summed E-state index contributed by atoms with van der Waals surface area (Å²) in [5.74, 6) is 0. The second kappa shape index (κ2) is 10.9. The van der Waals surface area contributed by atoms with Crippen molar-refractivity contribution in [1.82, 2.24) is 14.9 Å². The van der Waals surface area contributed by atoms with Gasteiger partial charge in [-0.2, -0.15) is 0 Å². The van der Waals surface area contributed by atoms with Gasteiger partial charge >= 0.3 is 12.1 Å². The molecule has 2 aliphatic carbocycles. The van der Waals surface area contributed by atoms with Gasteiger partial charge in [0.25, 0.3) is 10.0 Å². The summed E-state index contributed by atoms with van der Waals surface area (Å²) in [4.78, 5) is 26.0. The molecule has 2 saturated carbocycles. The zero-order valence-electron chi connectivity index (χ0n) is 18.0. The zero-order valence-corrected chi connectivity index (χ0v) is 18.8. The molecular weight excluding hydrogens is 416 g/mol. The molecule has 1 aromatic carbocycles. The molecule has 0 atom stereocenters. The average molecular weight is 451 g/mol. The van der Waals surface area contributed by atoms with Crippen LogP contribution in [-0.4, -0.2) is 43.4 Å². The first-order valence-corrected chi connectivity index (χ1v) is 12.8. The summed E-state index contributed by atoms with van der Waals surface area (Å²) in [6.45, 7) is 0.450. The molecule has 8 nitrogen and oxygen atoms in total. The molecule has 0 heterocycles. The lowest BCUT2D eigenvalue weighted by atomic mass is 9.95. The van der Waals surface area contributed by atoms with Gasteiger partial charge in [-0.25, -0.2) is 18.0 Å². The molecule has 2 fully saturated rings. The van der Waals surface area contributed by atoms with Gasteiger partial charge < -0.3 is 16.4 Å². The summed E-state index contributed by atoms with van der Waals surface area (Å²) in [6, 6.07) is 4.18. The van der Waals surface area contributed by atoms with Gasteiger partial charge in [0.15, 0.2) is 0 Å². The fourth-order valence-corrected chi connectivity index (χ4v) is 5.60. The van der Waals surface area contributed by atoms with Crippen LogP contribution in [0.5, 0.6) is 0 Å². The lowest BCUT2D eigenvalue weighted by molar-refractivity contribution is 0.198. The number of hydrogen-bond donors (Lipinski definition) is 3. The van der Waals surface area contributed by atoms with E-state index in [-0.39, 0.29) is 17.0 Å². The number of rotatable bonds is 6. The number of amides is 4. The van der Waals surface area contributed by atoms with E-state index in [9.17, 15) is 18.0 Å². The summed E-state index contributed by atoms with van der Waals surface area (Å²) in [5.41, 5.74) is 6.45. The zero-order chi connectivity index (χ0) is 22.3. The van der Waals surface area contributed by atoms with Crippen LogP contribution in [0.1, 0.15) is 69.8 Å². The van der Waals surface area contributed by atoms with Crippen LogP contribution in [0.2, 0.25) is 0 Å². The molecule has 9 heteroatoms. The summed E-state index contributed by atoms with van der Waals surface area (Å²) in [6.07, 6.45) is 9.91. The third-order valence-corrected chi connectivity index (χ3v) is 7.81. The van der Waals surface area contributed by atoms with E-state index in [0.29, 0.717) is 17.3 Å². The lowest BCUT2D eigenvalue weighted by Crippen LogP contribution is -2.55. The second-order valence-corrected chi connectivity index (χ2v) is 10.3. The first-order chi connectivity index (χ1) is 14.9. The third kappa shape index (κ3) is 6.20. The largest absolute Gasteiger partial charge is 0.340 e. The van der Waals surface area contributed by atoms with Gasteiger partial charge in [0, 0.05) is 12.1 Å². The van der Waals surface area contributed by atoms with Crippen molar-refractivity contribution in [2.24, 2.45) is 5.73 Å². The molecular formula is C22H34N4O4S. The van der Waals surface area contributed by atoms with E-state index in [1.54, 1.807) is 12.1 Å². The number of imide groups is 1. The number of carbonyl (C=O) groups is 2. The lowest BCUT2D eigenvalue weighted by Gasteiger charge is -2.29. The molecule has 0 saturated heterocycles. The van der Waals surface area contributed by atoms with Crippen LogP contribution < -0.4 is 16.4 Å². The molecule has 0 aromatic heterocycles. The van der Waals surface area contributed by atoms with Gasteiger partial charge in [-0.05, 0) is 56.3 Å². The van der Waals surface area contributed by atoms with Crippen molar-refractivity contribution in [2.75, 3.05) is 6.54 Å². The van der Waals surface area contributed by atoms with E-state index in [4.69, 9.17) is 5.73 Å². The Hall–Kier alpha value is -2.13. The van der Waals surface area contributed by atoms with Crippen LogP contribution in [0, 0.1) is 0 Å². The number of nitrogens with two attached hydrogens (primary N) is 1. The van der Waals surface area contributed by atoms with E-state index < -0.39 is 22.1 Å². The minimum Gasteiger partial charge on any atom is -0.334 e. The number of benzene rings is 1. The maximum Gasteiger partial charge on any atom is 0.340 e. The summed E-state index contributed by atoms with van der Waals surface area (Å²) in [7, 11) is -4.35. The van der Waals surface area contributed by atoms with Crippen LogP contribution in [0.25, 0.3) is 0 Å². The Kier molecular flexibility index (Phi) is 8.31. The monoisotopic (exact) mass is 450 g/mol. The summed E-state index contributed by atoms with van der Waals surface area (Å²) >= 11 is 0. The molecule has 4 amide bonds. The molecule has 0 spiro atoms. The van der Waals surface area contributed by atoms with Gasteiger partial charge in [-0.3, -0.25) is 0 Å². The van der Waals surface area contributed by atoms with Crippen LogP contribution in [0.15, 0.2) is 29.2 Å². The van der Waals surface area contributed by atoms with Gasteiger partial charge in [0.1, 0.15) is 0 Å². The standard InChI is InChI=1S/C22H34N4O4S/c23-16-15-17-11-13-20(14-12-17)31(29,30)26(21(27)24-18-7-3-1-4-8-18)22(28)25-19-9-5-2-6-10-19/h11-14,18-19H,1-10,15-16,23H2,(H,24,27)(H,25,28). The van der Waals surface area contributed by atoms with Gasteiger partial charge in [-0.15, -0.1) is 4.31 Å². The Balaban J connectivity index is 1.83. The molecule has 0 bridgehead atoms. The summed E-state index contributed by atoms with van der Waals surface area (Å²) < 4.78 is 27.1. The second-order valence-electron chi connectivity index (χ2n) is 8.52. The molecule has 0 unspecified atom stereocenters. The number of nitrogens with one attached hydrogen (secondary N) is 2. The van der Waals surface area contributed by atoms with Gasteiger partial charge in [-0.1, -0.05) is 50.7 Å². The molecule has 2 aliphatic rings. The molecule has 4 N–H and O–H groups in total. The van der Waals surface area contributed by atoms with Crippen LogP contribution >= 0.6 is 0 Å². The quantitative estimate of drug-likeness (QED) is 0.614. The van der Waals surface area contributed by atoms with Crippen molar-refractivity contribution < 1.29 is 18.0 Å². The molecule has 0 radical (unpaired) electrons. The van der Waals surface area contributed by atoms with Gasteiger partial charge in [0.2, 0.25) is 0 Å². The number of urea groups is 2. The predicted octanol–water partition coefficient (Wildman–Crippen LogP) is 3.26. The average Bonchev–Trinajstić information content (AvgIpc) is 2.75. The number of hydrogen-bond acceptors (Lipinski definition) is 5. The number of nitrogens with zero attached hydrogens (tertiary/aromatic N) is 1. The Bertz CT molecular complexity index is 813. The molecule has 0 aliphatic heterocycles. The van der Waals surface area contributed by atoms with Crippen molar-refractivity contribution >= 4 is 22.1 Å². The van der Waals surface area contributed by atoms with Crippen molar-refractivity contribution in [3.63, 3.8) is 0 Å². The van der Waals surface area contributed by atoms with E-state index >= 15 is 0 Å².